The SMILES string of the molecule is Cc1cccc(-c2cccc(CN3CCC(N[S+](=O)([O-])c4cccs4)CC3)c2)c1. The third-order valence-electron chi connectivity index (χ3n) is 5.35. The van der Waals surface area contributed by atoms with Crippen LogP contribution in [0.2, 0.25) is 0 Å². The van der Waals surface area contributed by atoms with Crippen molar-refractivity contribution in [2.45, 2.75) is 36.6 Å². The molecule has 0 bridgehead atoms. The summed E-state index contributed by atoms with van der Waals surface area (Å²) in [6, 6.07) is 20.7. The Morgan fingerprint density at radius 3 is 2.48 bits per heavy atom. The Morgan fingerprint density at radius 1 is 1.07 bits per heavy atom. The number of nitrogens with zero attached hydrogens (tertiary/aromatic N) is 1. The first-order valence-electron chi connectivity index (χ1n) is 9.94. The minimum atomic E-state index is -3.38. The Hall–Kier alpha value is -1.83. The molecule has 1 atom stereocenters. The van der Waals surface area contributed by atoms with Gasteiger partial charge in [-0.05, 0) is 54.0 Å². The van der Waals surface area contributed by atoms with E-state index in [9.17, 15) is 8.76 Å². The van der Waals surface area contributed by atoms with Crippen LogP contribution in [-0.4, -0.2) is 28.6 Å². The number of benzene rings is 2. The predicted octanol–water partition coefficient (Wildman–Crippen LogP) is 4.88. The zero-order valence-electron chi connectivity index (χ0n) is 16.5. The monoisotopic (exact) mass is 426 g/mol. The van der Waals surface area contributed by atoms with Gasteiger partial charge in [-0.2, -0.15) is 0 Å². The molecular formula is C23H26N2O2S2. The Bertz CT molecular complexity index is 996. The number of sulfonamides is 1. The van der Waals surface area contributed by atoms with Gasteiger partial charge in [0.15, 0.2) is 10.4 Å². The fourth-order valence-electron chi connectivity index (χ4n) is 3.83. The number of rotatable bonds is 6. The number of hydrogen-bond acceptors (Lipinski definition) is 4. The molecule has 1 aliphatic rings. The van der Waals surface area contributed by atoms with E-state index in [4.69, 9.17) is 0 Å². The fraction of sp³-hybridized carbons (Fsp3) is 0.304. The van der Waals surface area contributed by atoms with Crippen LogP contribution in [0.15, 0.2) is 70.3 Å². The zero-order valence-corrected chi connectivity index (χ0v) is 18.2. The molecule has 0 aliphatic carbocycles. The summed E-state index contributed by atoms with van der Waals surface area (Å²) in [4.78, 5) is 2.41. The summed E-state index contributed by atoms with van der Waals surface area (Å²) in [5.41, 5.74) is 5.04. The Labute approximate surface area is 178 Å². The molecule has 2 heterocycles. The lowest BCUT2D eigenvalue weighted by molar-refractivity contribution is 0.198. The maximum atomic E-state index is 12.4. The second kappa shape index (κ2) is 8.90. The third-order valence-corrected chi connectivity index (χ3v) is 8.27. The van der Waals surface area contributed by atoms with Crippen LogP contribution >= 0.6 is 11.3 Å². The van der Waals surface area contributed by atoms with Crippen LogP contribution in [-0.2, 0) is 21.2 Å². The van der Waals surface area contributed by atoms with Gasteiger partial charge in [-0.1, -0.05) is 63.6 Å². The molecule has 152 valence electrons. The smallest absolute Gasteiger partial charge is 0.228 e. The van der Waals surface area contributed by atoms with E-state index >= 15 is 0 Å². The van der Waals surface area contributed by atoms with Crippen molar-refractivity contribution >= 4 is 21.7 Å². The maximum Gasteiger partial charge on any atom is 0.228 e. The number of nitrogens with one attached hydrogen (secondary N) is 1. The topological polar surface area (TPSA) is 55.4 Å². The van der Waals surface area contributed by atoms with Crippen molar-refractivity contribution < 1.29 is 8.76 Å². The van der Waals surface area contributed by atoms with Crippen molar-refractivity contribution in [1.82, 2.24) is 9.62 Å². The second-order valence-electron chi connectivity index (χ2n) is 7.67. The van der Waals surface area contributed by atoms with Gasteiger partial charge in [0.25, 0.3) is 0 Å². The highest BCUT2D eigenvalue weighted by Crippen LogP contribution is 2.24. The molecule has 0 saturated carbocycles. The van der Waals surface area contributed by atoms with Crippen LogP contribution in [0, 0.1) is 6.92 Å². The molecule has 2 aromatic carbocycles. The second-order valence-corrected chi connectivity index (χ2v) is 10.6. The van der Waals surface area contributed by atoms with Gasteiger partial charge in [-0.15, -0.1) is 4.72 Å². The van der Waals surface area contributed by atoms with E-state index in [-0.39, 0.29) is 6.04 Å². The highest BCUT2D eigenvalue weighted by Gasteiger charge is 2.28. The molecule has 1 saturated heterocycles. The van der Waals surface area contributed by atoms with Gasteiger partial charge in [0.1, 0.15) is 0 Å². The van der Waals surface area contributed by atoms with Crippen molar-refractivity contribution in [1.29, 1.82) is 0 Å². The van der Waals surface area contributed by atoms with Gasteiger partial charge in [-0.25, -0.2) is 0 Å². The van der Waals surface area contributed by atoms with Crippen LogP contribution in [0.3, 0.4) is 0 Å². The van der Waals surface area contributed by atoms with E-state index in [2.05, 4.69) is 65.1 Å². The van der Waals surface area contributed by atoms with Gasteiger partial charge in [-0.3, -0.25) is 4.90 Å². The molecule has 0 amide bonds. The first kappa shape index (κ1) is 20.4. The van der Waals surface area contributed by atoms with Crippen molar-refractivity contribution in [3.63, 3.8) is 0 Å². The van der Waals surface area contributed by atoms with E-state index < -0.39 is 10.4 Å². The molecule has 1 aliphatic heterocycles. The van der Waals surface area contributed by atoms with Crippen LogP contribution in [0.25, 0.3) is 11.1 Å². The van der Waals surface area contributed by atoms with Crippen LogP contribution in [0.1, 0.15) is 24.0 Å². The van der Waals surface area contributed by atoms with E-state index in [1.165, 1.54) is 33.6 Å². The molecule has 1 fully saturated rings. The van der Waals surface area contributed by atoms with Crippen LogP contribution in [0.5, 0.6) is 0 Å². The van der Waals surface area contributed by atoms with E-state index in [0.29, 0.717) is 4.21 Å². The predicted molar refractivity (Wildman–Crippen MR) is 119 cm³/mol. The molecule has 0 spiro atoms. The highest BCUT2D eigenvalue weighted by molar-refractivity contribution is 7.97. The third kappa shape index (κ3) is 5.21. The van der Waals surface area contributed by atoms with Crippen LogP contribution < -0.4 is 4.72 Å². The Kier molecular flexibility index (Phi) is 6.27. The summed E-state index contributed by atoms with van der Waals surface area (Å²) in [7, 11) is -3.38. The Balaban J connectivity index is 1.34. The average Bonchev–Trinajstić information content (AvgIpc) is 3.26. The number of likely N-dealkylation sites (tertiary alicyclic amines) is 1. The summed E-state index contributed by atoms with van der Waals surface area (Å²) in [6.45, 7) is 4.80. The maximum absolute atomic E-state index is 12.4. The summed E-state index contributed by atoms with van der Waals surface area (Å²) >= 11 is 1.26. The molecule has 4 nitrogen and oxygen atoms in total. The Morgan fingerprint density at radius 2 is 1.79 bits per heavy atom. The number of thiophene rings is 1. The van der Waals surface area contributed by atoms with Gasteiger partial charge < -0.3 is 4.55 Å². The normalized spacial score (nSPS) is 17.9. The largest absolute Gasteiger partial charge is 0.592 e. The quantitative estimate of drug-likeness (QED) is 0.572. The average molecular weight is 427 g/mol. The fourth-order valence-corrected chi connectivity index (χ4v) is 6.15. The van der Waals surface area contributed by atoms with Crippen molar-refractivity contribution in [2.75, 3.05) is 13.1 Å². The van der Waals surface area contributed by atoms with E-state index in [1.54, 1.807) is 17.5 Å². The molecular weight excluding hydrogens is 400 g/mol. The zero-order chi connectivity index (χ0) is 20.3. The van der Waals surface area contributed by atoms with Gasteiger partial charge >= 0.3 is 0 Å². The molecule has 3 aromatic rings. The summed E-state index contributed by atoms with van der Waals surface area (Å²) in [6.07, 6.45) is 1.67. The van der Waals surface area contributed by atoms with Crippen molar-refractivity contribution in [2.24, 2.45) is 0 Å². The van der Waals surface area contributed by atoms with E-state index in [1.807, 2.05) is 0 Å². The number of piperidine rings is 1. The number of hydrogen-bond donors (Lipinski definition) is 1. The first-order valence-corrected chi connectivity index (χ1v) is 12.3. The van der Waals surface area contributed by atoms with Gasteiger partial charge in [0.2, 0.25) is 4.21 Å². The van der Waals surface area contributed by atoms with E-state index in [0.717, 1.165) is 32.5 Å². The molecule has 0 radical (unpaired) electrons. The first-order chi connectivity index (χ1) is 14.0. The summed E-state index contributed by atoms with van der Waals surface area (Å²) < 4.78 is 28.1. The molecule has 1 N–H and O–H groups in total. The molecule has 4 rings (SSSR count). The summed E-state index contributed by atoms with van der Waals surface area (Å²) in [5.74, 6) is 0. The summed E-state index contributed by atoms with van der Waals surface area (Å²) in [5, 5.41) is 1.79. The van der Waals surface area contributed by atoms with Crippen molar-refractivity contribution in [3.05, 3.63) is 77.2 Å². The minimum absolute atomic E-state index is 0.0111. The lowest BCUT2D eigenvalue weighted by Crippen LogP contribution is -2.46. The minimum Gasteiger partial charge on any atom is -0.592 e. The lowest BCUT2D eigenvalue weighted by atomic mass is 10.0. The number of aryl methyl sites for hydroxylation is 1. The standard InChI is InChI=1S/C23H26N2O2S2/c1-18-5-2-7-20(15-18)21-8-3-6-19(16-21)17-25-12-10-22(11-13-25)24-29(26,27)23-9-4-14-28-23/h2-9,14-16,22H,10-13,17H2,1H3,(H-,24,26,27). The molecule has 29 heavy (non-hydrogen) atoms. The molecule has 1 unspecified atom stereocenters. The lowest BCUT2D eigenvalue weighted by Gasteiger charge is -2.32. The molecule has 6 heteroatoms. The van der Waals surface area contributed by atoms with Crippen molar-refractivity contribution in [3.8, 4) is 11.1 Å². The van der Waals surface area contributed by atoms with Gasteiger partial charge in [0.05, 0.1) is 6.04 Å². The van der Waals surface area contributed by atoms with Gasteiger partial charge in [0, 0.05) is 25.7 Å². The highest BCUT2D eigenvalue weighted by atomic mass is 32.3. The molecule has 1 aromatic heterocycles. The van der Waals surface area contributed by atoms with Crippen LogP contribution in [0.4, 0.5) is 0 Å².